The molecule has 1 amide bonds. The van der Waals surface area contributed by atoms with Crippen LogP contribution in [0.15, 0.2) is 34.9 Å². The summed E-state index contributed by atoms with van der Waals surface area (Å²) in [5, 5.41) is 7.20. The normalized spacial score (nSPS) is 15.0. The molecule has 1 aromatic heterocycles. The van der Waals surface area contributed by atoms with Gasteiger partial charge in [-0.15, -0.1) is 0 Å². The summed E-state index contributed by atoms with van der Waals surface area (Å²) in [5.74, 6) is 0.499. The van der Waals surface area contributed by atoms with Gasteiger partial charge in [0, 0.05) is 11.6 Å². The van der Waals surface area contributed by atoms with E-state index in [2.05, 4.69) is 34.4 Å². The Balaban J connectivity index is 2.19. The van der Waals surface area contributed by atoms with Crippen LogP contribution >= 0.6 is 0 Å². The smallest absolute Gasteiger partial charge is 0.228 e. The van der Waals surface area contributed by atoms with Gasteiger partial charge in [-0.05, 0) is 46.9 Å². The molecule has 0 fully saturated rings. The minimum atomic E-state index is -0.243. The Kier molecular flexibility index (Phi) is 6.37. The monoisotopic (exact) mass is 343 g/mol. The third kappa shape index (κ3) is 4.28. The molecule has 0 spiro atoms. The second-order valence-corrected chi connectivity index (χ2v) is 6.82. The van der Waals surface area contributed by atoms with Crippen molar-refractivity contribution >= 4 is 5.91 Å². The summed E-state index contributed by atoms with van der Waals surface area (Å²) in [5.41, 5.74) is 2.89. The summed E-state index contributed by atoms with van der Waals surface area (Å²) in [6.07, 6.45) is 0.708. The number of aromatic nitrogens is 1. The van der Waals surface area contributed by atoms with E-state index >= 15 is 0 Å². The van der Waals surface area contributed by atoms with Gasteiger partial charge in [0.15, 0.2) is 0 Å². The highest BCUT2D eigenvalue weighted by atomic mass is 16.5. The summed E-state index contributed by atoms with van der Waals surface area (Å²) < 4.78 is 5.25. The topological polar surface area (TPSA) is 58.4 Å². The molecule has 2 aromatic rings. The number of aryl methyl sites for hydroxylation is 2. The Hall–Kier alpha value is -2.14. The van der Waals surface area contributed by atoms with Crippen molar-refractivity contribution in [3.05, 3.63) is 52.9 Å². The molecule has 0 unspecified atom stereocenters. The first-order chi connectivity index (χ1) is 11.9. The number of likely N-dealkylation sites (N-methyl/N-ethyl adjacent to an activating group) is 1. The highest BCUT2D eigenvalue weighted by molar-refractivity contribution is 5.84. The Morgan fingerprint density at radius 2 is 1.88 bits per heavy atom. The minimum absolute atomic E-state index is 0.0205. The predicted molar refractivity (Wildman–Crippen MR) is 99.5 cm³/mol. The maximum absolute atomic E-state index is 12.9. The first-order valence-electron chi connectivity index (χ1n) is 8.81. The number of rotatable bonds is 7. The standard InChI is InChI=1S/C20H29N3O2/c1-7-17(18-13(2)22-25-15(18)4)20(24)21-14(3)19(23(5)6)16-11-9-8-10-12-16/h8-12,14,17,19H,7H2,1-6H3,(H,21,24)/t14-,17-,19-/m0/s1. The highest BCUT2D eigenvalue weighted by Gasteiger charge is 2.29. The van der Waals surface area contributed by atoms with Crippen molar-refractivity contribution in [2.24, 2.45) is 0 Å². The highest BCUT2D eigenvalue weighted by Crippen LogP contribution is 2.28. The van der Waals surface area contributed by atoms with Crippen LogP contribution in [0.5, 0.6) is 0 Å². The van der Waals surface area contributed by atoms with Crippen molar-refractivity contribution in [3.8, 4) is 0 Å². The summed E-state index contributed by atoms with van der Waals surface area (Å²) >= 11 is 0. The Bertz CT molecular complexity index is 675. The fourth-order valence-electron chi connectivity index (χ4n) is 3.60. The molecule has 0 saturated carbocycles. The lowest BCUT2D eigenvalue weighted by atomic mass is 9.92. The van der Waals surface area contributed by atoms with E-state index in [1.165, 1.54) is 5.56 Å². The van der Waals surface area contributed by atoms with Gasteiger partial charge in [-0.3, -0.25) is 4.79 Å². The van der Waals surface area contributed by atoms with Gasteiger partial charge in [-0.1, -0.05) is 42.4 Å². The summed E-state index contributed by atoms with van der Waals surface area (Å²) in [6.45, 7) is 7.82. The van der Waals surface area contributed by atoms with Crippen LogP contribution < -0.4 is 5.32 Å². The van der Waals surface area contributed by atoms with Crippen LogP contribution in [0.25, 0.3) is 0 Å². The molecule has 0 bridgehead atoms. The van der Waals surface area contributed by atoms with Crippen LogP contribution in [0.4, 0.5) is 0 Å². The van der Waals surface area contributed by atoms with Crippen LogP contribution in [0, 0.1) is 13.8 Å². The molecule has 5 nitrogen and oxygen atoms in total. The average molecular weight is 343 g/mol. The molecule has 3 atom stereocenters. The van der Waals surface area contributed by atoms with Crippen molar-refractivity contribution in [2.75, 3.05) is 14.1 Å². The van der Waals surface area contributed by atoms with Crippen molar-refractivity contribution in [1.82, 2.24) is 15.4 Å². The van der Waals surface area contributed by atoms with Crippen LogP contribution in [0.2, 0.25) is 0 Å². The molecule has 1 aromatic carbocycles. The second-order valence-electron chi connectivity index (χ2n) is 6.82. The van der Waals surface area contributed by atoms with Crippen LogP contribution in [0.3, 0.4) is 0 Å². The summed E-state index contributed by atoms with van der Waals surface area (Å²) in [7, 11) is 4.07. The number of carbonyl (C=O) groups is 1. The Morgan fingerprint density at radius 1 is 1.24 bits per heavy atom. The second kappa shape index (κ2) is 8.30. The molecule has 136 valence electrons. The Morgan fingerprint density at radius 3 is 2.36 bits per heavy atom. The number of nitrogens with zero attached hydrogens (tertiary/aromatic N) is 2. The van der Waals surface area contributed by atoms with Gasteiger partial charge < -0.3 is 14.7 Å². The molecule has 0 saturated heterocycles. The lowest BCUT2D eigenvalue weighted by Gasteiger charge is -2.32. The van der Waals surface area contributed by atoms with Gasteiger partial charge in [0.2, 0.25) is 5.91 Å². The fraction of sp³-hybridized carbons (Fsp3) is 0.500. The van der Waals surface area contributed by atoms with E-state index in [1.54, 1.807) is 0 Å². The quantitative estimate of drug-likeness (QED) is 0.834. The zero-order valence-corrected chi connectivity index (χ0v) is 16.0. The van der Waals surface area contributed by atoms with Crippen molar-refractivity contribution < 1.29 is 9.32 Å². The molecule has 5 heteroatoms. The SMILES string of the molecule is CC[C@H](C(=O)N[C@@H](C)[C@@H](c1ccccc1)N(C)C)c1c(C)noc1C. The predicted octanol–water partition coefficient (Wildman–Crippen LogP) is 3.59. The van der Waals surface area contributed by atoms with Crippen LogP contribution in [-0.4, -0.2) is 36.1 Å². The van der Waals surface area contributed by atoms with Crippen molar-refractivity contribution in [3.63, 3.8) is 0 Å². The van der Waals surface area contributed by atoms with Gasteiger partial charge in [-0.2, -0.15) is 0 Å². The van der Waals surface area contributed by atoms with E-state index in [4.69, 9.17) is 4.52 Å². The van der Waals surface area contributed by atoms with Crippen molar-refractivity contribution in [1.29, 1.82) is 0 Å². The third-order valence-corrected chi connectivity index (χ3v) is 4.70. The summed E-state index contributed by atoms with van der Waals surface area (Å²) in [4.78, 5) is 15.1. The molecule has 0 aliphatic heterocycles. The molecule has 0 aliphatic rings. The van der Waals surface area contributed by atoms with E-state index in [0.29, 0.717) is 6.42 Å². The molecular formula is C20H29N3O2. The van der Waals surface area contributed by atoms with E-state index in [0.717, 1.165) is 17.0 Å². The lowest BCUT2D eigenvalue weighted by Crippen LogP contribution is -2.44. The zero-order valence-electron chi connectivity index (χ0n) is 16.0. The zero-order chi connectivity index (χ0) is 18.6. The van der Waals surface area contributed by atoms with E-state index < -0.39 is 0 Å². The number of benzene rings is 1. The van der Waals surface area contributed by atoms with E-state index in [-0.39, 0.29) is 23.9 Å². The molecule has 25 heavy (non-hydrogen) atoms. The minimum Gasteiger partial charge on any atom is -0.361 e. The van der Waals surface area contributed by atoms with E-state index in [9.17, 15) is 4.79 Å². The van der Waals surface area contributed by atoms with Gasteiger partial charge in [-0.25, -0.2) is 0 Å². The fourth-order valence-corrected chi connectivity index (χ4v) is 3.60. The third-order valence-electron chi connectivity index (χ3n) is 4.70. The molecule has 1 N–H and O–H groups in total. The maximum Gasteiger partial charge on any atom is 0.228 e. The van der Waals surface area contributed by atoms with Crippen LogP contribution in [-0.2, 0) is 4.79 Å². The first-order valence-corrected chi connectivity index (χ1v) is 8.81. The van der Waals surface area contributed by atoms with Crippen LogP contribution in [0.1, 0.15) is 54.8 Å². The Labute approximate surface area is 150 Å². The maximum atomic E-state index is 12.9. The molecule has 1 heterocycles. The first kappa shape index (κ1) is 19.2. The number of hydrogen-bond acceptors (Lipinski definition) is 4. The van der Waals surface area contributed by atoms with Gasteiger partial charge in [0.1, 0.15) is 5.76 Å². The lowest BCUT2D eigenvalue weighted by molar-refractivity contribution is -0.123. The van der Waals surface area contributed by atoms with Gasteiger partial charge in [0.25, 0.3) is 0 Å². The number of carbonyl (C=O) groups excluding carboxylic acids is 1. The average Bonchev–Trinajstić information content (AvgIpc) is 2.89. The van der Waals surface area contributed by atoms with Gasteiger partial charge in [0.05, 0.1) is 17.7 Å². The largest absolute Gasteiger partial charge is 0.361 e. The van der Waals surface area contributed by atoms with Crippen molar-refractivity contribution in [2.45, 2.75) is 52.1 Å². The number of hydrogen-bond donors (Lipinski definition) is 1. The molecule has 0 aliphatic carbocycles. The summed E-state index contributed by atoms with van der Waals surface area (Å²) in [6, 6.07) is 10.3. The van der Waals surface area contributed by atoms with E-state index in [1.807, 2.05) is 53.1 Å². The van der Waals surface area contributed by atoms with Gasteiger partial charge >= 0.3 is 0 Å². The molecule has 2 rings (SSSR count). The number of amides is 1. The number of nitrogens with one attached hydrogen (secondary N) is 1. The molecular weight excluding hydrogens is 314 g/mol. The molecule has 0 radical (unpaired) electrons.